The third-order valence-corrected chi connectivity index (χ3v) is 2.23. The van der Waals surface area contributed by atoms with Gasteiger partial charge in [-0.1, -0.05) is 15.9 Å². The molecule has 1 N–H and O–H groups in total. The van der Waals surface area contributed by atoms with Crippen LogP contribution in [0.1, 0.15) is 5.89 Å². The van der Waals surface area contributed by atoms with E-state index in [2.05, 4.69) is 20.9 Å². The largest absolute Gasteiger partial charge is 0.478 e. The second kappa shape index (κ2) is 3.86. The zero-order valence-electron chi connectivity index (χ0n) is 7.48. The number of aliphatic carboxylic acids is 1. The van der Waals surface area contributed by atoms with Gasteiger partial charge in [-0.3, -0.25) is 0 Å². The molecule has 76 valence electrons. The van der Waals surface area contributed by atoms with Gasteiger partial charge in [-0.2, -0.15) is 0 Å². The van der Waals surface area contributed by atoms with Gasteiger partial charge >= 0.3 is 5.97 Å². The third-order valence-electron chi connectivity index (χ3n) is 1.74. The van der Waals surface area contributed by atoms with Crippen molar-refractivity contribution in [2.24, 2.45) is 0 Å². The predicted octanol–water partition coefficient (Wildman–Crippen LogP) is 2.69. The molecule has 0 unspecified atom stereocenters. The Balaban J connectivity index is 2.43. The lowest BCUT2D eigenvalue weighted by Gasteiger charge is -1.86. The zero-order chi connectivity index (χ0) is 10.8. The van der Waals surface area contributed by atoms with E-state index in [9.17, 15) is 4.79 Å². The molecule has 2 rings (SSSR count). The normalized spacial score (nSPS) is 11.3. The minimum Gasteiger partial charge on any atom is -0.478 e. The van der Waals surface area contributed by atoms with E-state index in [1.54, 1.807) is 12.1 Å². The van der Waals surface area contributed by atoms with Crippen molar-refractivity contribution in [2.45, 2.75) is 0 Å². The van der Waals surface area contributed by atoms with E-state index >= 15 is 0 Å². The molecule has 0 bridgehead atoms. The molecular weight excluding hydrogens is 262 g/mol. The highest BCUT2D eigenvalue weighted by Gasteiger charge is 2.03. The molecule has 15 heavy (non-hydrogen) atoms. The lowest BCUT2D eigenvalue weighted by Crippen LogP contribution is -1.85. The average molecular weight is 268 g/mol. The number of carbonyl (C=O) groups is 1. The van der Waals surface area contributed by atoms with Gasteiger partial charge in [0.25, 0.3) is 0 Å². The molecule has 1 aromatic carbocycles. The number of halogens is 1. The Morgan fingerprint density at radius 2 is 2.33 bits per heavy atom. The lowest BCUT2D eigenvalue weighted by molar-refractivity contribution is -0.131. The number of oxazole rings is 1. The summed E-state index contributed by atoms with van der Waals surface area (Å²) in [4.78, 5) is 14.4. The van der Waals surface area contributed by atoms with Crippen LogP contribution in [0.4, 0.5) is 0 Å². The Kier molecular flexibility index (Phi) is 2.55. The summed E-state index contributed by atoms with van der Waals surface area (Å²) in [6.45, 7) is 0. The van der Waals surface area contributed by atoms with Crippen molar-refractivity contribution in [3.63, 3.8) is 0 Å². The Morgan fingerprint density at radius 3 is 3.07 bits per heavy atom. The summed E-state index contributed by atoms with van der Waals surface area (Å²) in [5, 5.41) is 8.43. The highest BCUT2D eigenvalue weighted by atomic mass is 79.9. The second-order valence-corrected chi connectivity index (χ2v) is 3.75. The number of aromatic nitrogens is 1. The van der Waals surface area contributed by atoms with Crippen LogP contribution in [0.25, 0.3) is 17.2 Å². The van der Waals surface area contributed by atoms with E-state index < -0.39 is 5.97 Å². The summed E-state index contributed by atoms with van der Waals surface area (Å²) in [7, 11) is 0. The van der Waals surface area contributed by atoms with Gasteiger partial charge in [-0.25, -0.2) is 9.78 Å². The molecule has 0 saturated heterocycles. The SMILES string of the molecule is O=C(O)/C=C/c1nc2ccc(Br)cc2o1. The van der Waals surface area contributed by atoms with E-state index in [0.29, 0.717) is 11.1 Å². The van der Waals surface area contributed by atoms with E-state index in [0.717, 1.165) is 10.5 Å². The molecule has 0 spiro atoms. The molecule has 2 aromatic rings. The number of carboxylic acid groups (broad SMARTS) is 1. The summed E-state index contributed by atoms with van der Waals surface area (Å²) in [5.74, 6) is -0.746. The predicted molar refractivity (Wildman–Crippen MR) is 58.4 cm³/mol. The number of benzene rings is 1. The molecule has 0 radical (unpaired) electrons. The molecule has 0 saturated carbocycles. The van der Waals surface area contributed by atoms with Crippen molar-refractivity contribution in [3.05, 3.63) is 34.6 Å². The maximum atomic E-state index is 10.3. The standard InChI is InChI=1S/C10H6BrNO3/c11-6-1-2-7-8(5-6)15-9(12-7)3-4-10(13)14/h1-5H,(H,13,14)/b4-3+. The second-order valence-electron chi connectivity index (χ2n) is 2.84. The molecule has 0 atom stereocenters. The molecule has 5 heteroatoms. The first-order chi connectivity index (χ1) is 7.15. The Morgan fingerprint density at radius 1 is 1.53 bits per heavy atom. The molecular formula is C10H6BrNO3. The van der Waals surface area contributed by atoms with Gasteiger partial charge in [0.1, 0.15) is 5.52 Å². The maximum Gasteiger partial charge on any atom is 0.328 e. The summed E-state index contributed by atoms with van der Waals surface area (Å²) < 4.78 is 6.20. The molecule has 1 aromatic heterocycles. The molecule has 4 nitrogen and oxygen atoms in total. The van der Waals surface area contributed by atoms with Gasteiger partial charge in [-0.15, -0.1) is 0 Å². The summed E-state index contributed by atoms with van der Waals surface area (Å²) in [5.41, 5.74) is 1.32. The first kappa shape index (κ1) is 9.92. The Labute approximate surface area is 93.4 Å². The van der Waals surface area contributed by atoms with Crippen LogP contribution in [0.15, 0.2) is 33.2 Å². The number of fused-ring (bicyclic) bond motifs is 1. The Bertz CT molecular complexity index is 545. The van der Waals surface area contributed by atoms with Crippen molar-refractivity contribution in [1.82, 2.24) is 4.98 Å². The molecule has 0 aliphatic heterocycles. The van der Waals surface area contributed by atoms with Crippen LogP contribution in [-0.4, -0.2) is 16.1 Å². The fourth-order valence-electron chi connectivity index (χ4n) is 1.13. The minimum atomic E-state index is -1.03. The number of carboxylic acids is 1. The van der Waals surface area contributed by atoms with Gasteiger partial charge in [0.2, 0.25) is 5.89 Å². The Hall–Kier alpha value is -1.62. The quantitative estimate of drug-likeness (QED) is 0.850. The van der Waals surface area contributed by atoms with Crippen LogP contribution < -0.4 is 0 Å². The number of rotatable bonds is 2. The molecule has 0 aliphatic carbocycles. The number of hydrogen-bond acceptors (Lipinski definition) is 3. The summed E-state index contributed by atoms with van der Waals surface area (Å²) >= 11 is 3.30. The average Bonchev–Trinajstić information content (AvgIpc) is 2.56. The first-order valence-electron chi connectivity index (χ1n) is 4.12. The van der Waals surface area contributed by atoms with Crippen molar-refractivity contribution in [1.29, 1.82) is 0 Å². The van der Waals surface area contributed by atoms with Crippen LogP contribution in [0, 0.1) is 0 Å². The zero-order valence-corrected chi connectivity index (χ0v) is 9.06. The topological polar surface area (TPSA) is 63.3 Å². The smallest absolute Gasteiger partial charge is 0.328 e. The maximum absolute atomic E-state index is 10.3. The van der Waals surface area contributed by atoms with Gasteiger partial charge in [0.15, 0.2) is 5.58 Å². The summed E-state index contributed by atoms with van der Waals surface area (Å²) in [6.07, 6.45) is 2.30. The molecule has 0 fully saturated rings. The van der Waals surface area contributed by atoms with Crippen molar-refractivity contribution < 1.29 is 14.3 Å². The third kappa shape index (κ3) is 2.24. The van der Waals surface area contributed by atoms with Gasteiger partial charge < -0.3 is 9.52 Å². The van der Waals surface area contributed by atoms with E-state index in [4.69, 9.17) is 9.52 Å². The van der Waals surface area contributed by atoms with Crippen molar-refractivity contribution >= 4 is 39.1 Å². The first-order valence-corrected chi connectivity index (χ1v) is 4.91. The van der Waals surface area contributed by atoms with Crippen LogP contribution in [0.3, 0.4) is 0 Å². The number of hydrogen-bond donors (Lipinski definition) is 1. The highest BCUT2D eigenvalue weighted by molar-refractivity contribution is 9.10. The minimum absolute atomic E-state index is 0.283. The van der Waals surface area contributed by atoms with Crippen LogP contribution in [-0.2, 0) is 4.79 Å². The fraction of sp³-hybridized carbons (Fsp3) is 0. The van der Waals surface area contributed by atoms with E-state index in [-0.39, 0.29) is 5.89 Å². The van der Waals surface area contributed by atoms with Crippen molar-refractivity contribution in [2.75, 3.05) is 0 Å². The monoisotopic (exact) mass is 267 g/mol. The van der Waals surface area contributed by atoms with E-state index in [1.807, 2.05) is 6.07 Å². The van der Waals surface area contributed by atoms with Crippen LogP contribution >= 0.6 is 15.9 Å². The molecule has 1 heterocycles. The lowest BCUT2D eigenvalue weighted by atomic mass is 10.3. The highest BCUT2D eigenvalue weighted by Crippen LogP contribution is 2.20. The van der Waals surface area contributed by atoms with Crippen LogP contribution in [0.5, 0.6) is 0 Å². The molecule has 0 aliphatic rings. The van der Waals surface area contributed by atoms with Crippen molar-refractivity contribution in [3.8, 4) is 0 Å². The fourth-order valence-corrected chi connectivity index (χ4v) is 1.47. The summed E-state index contributed by atoms with van der Waals surface area (Å²) in [6, 6.07) is 5.41. The van der Waals surface area contributed by atoms with Gasteiger partial charge in [0, 0.05) is 16.6 Å². The number of nitrogens with zero attached hydrogens (tertiary/aromatic N) is 1. The van der Waals surface area contributed by atoms with Gasteiger partial charge in [0.05, 0.1) is 0 Å². The van der Waals surface area contributed by atoms with E-state index in [1.165, 1.54) is 6.08 Å². The molecule has 0 amide bonds. The van der Waals surface area contributed by atoms with Crippen LogP contribution in [0.2, 0.25) is 0 Å². The van der Waals surface area contributed by atoms with Gasteiger partial charge in [-0.05, 0) is 18.2 Å².